The number of nitrogens with zero attached hydrogens (tertiary/aromatic N) is 2. The molecule has 1 radical (unpaired) electrons. The predicted octanol–water partition coefficient (Wildman–Crippen LogP) is 1.28. The van der Waals surface area contributed by atoms with Crippen LogP contribution in [0.15, 0.2) is 35.6 Å². The first-order valence-electron chi connectivity index (χ1n) is 4.59. The molecule has 0 atom stereocenters. The summed E-state index contributed by atoms with van der Waals surface area (Å²) >= 11 is 0. The van der Waals surface area contributed by atoms with Crippen molar-refractivity contribution in [2.75, 3.05) is 7.11 Å². The van der Waals surface area contributed by atoms with Crippen LogP contribution in [0, 0.1) is 0 Å². The van der Waals surface area contributed by atoms with Gasteiger partial charge in [0.1, 0.15) is 0 Å². The molecule has 0 aliphatic carbocycles. The minimum atomic E-state index is -0.694. The molecule has 1 aromatic carbocycles. The van der Waals surface area contributed by atoms with E-state index < -0.39 is 5.97 Å². The monoisotopic (exact) mass is 217 g/mol. The van der Waals surface area contributed by atoms with Crippen LogP contribution in [0.2, 0.25) is 0 Å². The molecule has 0 saturated heterocycles. The fourth-order valence-electron chi connectivity index (χ4n) is 1.51. The van der Waals surface area contributed by atoms with E-state index in [9.17, 15) is 4.79 Å². The van der Waals surface area contributed by atoms with Crippen molar-refractivity contribution in [1.82, 2.24) is 5.32 Å². The Kier molecular flexibility index (Phi) is 2.59. The van der Waals surface area contributed by atoms with Gasteiger partial charge in [-0.15, -0.1) is 0 Å². The summed E-state index contributed by atoms with van der Waals surface area (Å²) in [5.74, 6) is -0.694. The molecule has 0 unspecified atom stereocenters. The van der Waals surface area contributed by atoms with Gasteiger partial charge in [0.05, 0.1) is 12.8 Å². The third-order valence-corrected chi connectivity index (χ3v) is 2.26. The molecule has 5 nitrogen and oxygen atoms in total. The highest BCUT2D eigenvalue weighted by atomic mass is 16.5. The van der Waals surface area contributed by atoms with Gasteiger partial charge in [0.15, 0.2) is 5.71 Å². The molecule has 1 aliphatic rings. The third-order valence-electron chi connectivity index (χ3n) is 2.26. The summed E-state index contributed by atoms with van der Waals surface area (Å²) in [7, 11) is 1.23. The summed E-state index contributed by atoms with van der Waals surface area (Å²) in [5, 5.41) is 15.9. The first-order valence-corrected chi connectivity index (χ1v) is 4.59. The van der Waals surface area contributed by atoms with Crippen molar-refractivity contribution in [2.24, 2.45) is 5.16 Å². The Bertz CT molecular complexity index is 492. The lowest BCUT2D eigenvalue weighted by Crippen LogP contribution is -2.17. The van der Waals surface area contributed by atoms with Crippen LogP contribution in [-0.4, -0.2) is 24.0 Å². The number of hydrogen-bond donors (Lipinski definition) is 1. The number of hydrogen-bond acceptors (Lipinski definition) is 4. The topological polar surface area (TPSA) is 73.0 Å². The number of rotatable bonds is 2. The average Bonchev–Trinajstić information content (AvgIpc) is 2.74. The number of ether oxygens (including phenoxy) is 1. The molecule has 0 amide bonds. The summed E-state index contributed by atoms with van der Waals surface area (Å²) in [6.45, 7) is 0. The zero-order valence-electron chi connectivity index (χ0n) is 8.54. The van der Waals surface area contributed by atoms with Crippen molar-refractivity contribution >= 4 is 22.9 Å². The van der Waals surface area contributed by atoms with Crippen LogP contribution in [0.1, 0.15) is 5.56 Å². The molecule has 2 rings (SSSR count). The number of para-hydroxylation sites is 1. The normalized spacial score (nSPS) is 13.8. The molecule has 0 saturated carbocycles. The average molecular weight is 217 g/mol. The largest absolute Gasteiger partial charge is 0.464 e. The summed E-state index contributed by atoms with van der Waals surface area (Å²) < 4.78 is 4.52. The van der Waals surface area contributed by atoms with Gasteiger partial charge in [0.2, 0.25) is 0 Å². The van der Waals surface area contributed by atoms with Gasteiger partial charge in [-0.3, -0.25) is 5.32 Å². The standard InChI is InChI=1S/C11H9N2O3/c1-16-11(14)10(13-15)8-6-12-9-5-3-2-4-7(8)9/h2-6,15H,1H3. The number of methoxy groups -OCH3 is 1. The summed E-state index contributed by atoms with van der Waals surface area (Å²) in [6, 6.07) is 7.27. The van der Waals surface area contributed by atoms with Crippen molar-refractivity contribution in [3.8, 4) is 0 Å². The molecule has 0 bridgehead atoms. The van der Waals surface area contributed by atoms with E-state index in [0.717, 1.165) is 11.3 Å². The maximum Gasteiger partial charge on any atom is 0.360 e. The molecule has 0 fully saturated rings. The predicted molar refractivity (Wildman–Crippen MR) is 57.5 cm³/mol. The smallest absolute Gasteiger partial charge is 0.360 e. The van der Waals surface area contributed by atoms with Gasteiger partial charge in [0.25, 0.3) is 0 Å². The molecule has 1 heterocycles. The molecule has 16 heavy (non-hydrogen) atoms. The minimum absolute atomic E-state index is 0.142. The molecule has 1 N–H and O–H groups in total. The number of esters is 1. The zero-order valence-corrected chi connectivity index (χ0v) is 8.54. The van der Waals surface area contributed by atoms with Crippen LogP contribution in [0.25, 0.3) is 5.57 Å². The summed E-state index contributed by atoms with van der Waals surface area (Å²) in [6.07, 6.45) is 1.48. The van der Waals surface area contributed by atoms with E-state index in [1.165, 1.54) is 13.3 Å². The third kappa shape index (κ3) is 1.52. The highest BCUT2D eigenvalue weighted by molar-refractivity contribution is 6.54. The fourth-order valence-corrected chi connectivity index (χ4v) is 1.51. The van der Waals surface area contributed by atoms with E-state index in [0.29, 0.717) is 5.57 Å². The Labute approximate surface area is 92.0 Å². The van der Waals surface area contributed by atoms with Crippen LogP contribution < -0.4 is 5.32 Å². The lowest BCUT2D eigenvalue weighted by atomic mass is 10.0. The first-order chi connectivity index (χ1) is 7.77. The molecule has 1 aliphatic heterocycles. The molecular weight excluding hydrogens is 208 g/mol. The summed E-state index contributed by atoms with van der Waals surface area (Å²) in [4.78, 5) is 11.3. The maximum absolute atomic E-state index is 11.3. The second-order valence-corrected chi connectivity index (χ2v) is 3.13. The van der Waals surface area contributed by atoms with Gasteiger partial charge in [-0.05, 0) is 6.07 Å². The van der Waals surface area contributed by atoms with E-state index >= 15 is 0 Å². The highest BCUT2D eigenvalue weighted by Crippen LogP contribution is 2.30. The number of carbonyl (C=O) groups excluding carboxylic acids is 1. The van der Waals surface area contributed by atoms with Gasteiger partial charge in [-0.25, -0.2) is 4.79 Å². The maximum atomic E-state index is 11.3. The Hall–Kier alpha value is -2.30. The van der Waals surface area contributed by atoms with Crippen LogP contribution in [0.5, 0.6) is 0 Å². The Morgan fingerprint density at radius 2 is 2.19 bits per heavy atom. The van der Waals surface area contributed by atoms with E-state index in [4.69, 9.17) is 5.21 Å². The second-order valence-electron chi connectivity index (χ2n) is 3.13. The van der Waals surface area contributed by atoms with Crippen LogP contribution in [-0.2, 0) is 9.53 Å². The van der Waals surface area contributed by atoms with Gasteiger partial charge in [-0.1, -0.05) is 23.4 Å². The minimum Gasteiger partial charge on any atom is -0.464 e. The van der Waals surface area contributed by atoms with Gasteiger partial charge in [-0.2, -0.15) is 0 Å². The van der Waals surface area contributed by atoms with E-state index in [1.807, 2.05) is 18.2 Å². The Balaban J connectivity index is 2.41. The van der Waals surface area contributed by atoms with Crippen molar-refractivity contribution in [3.05, 3.63) is 36.0 Å². The Morgan fingerprint density at radius 1 is 1.44 bits per heavy atom. The summed E-state index contributed by atoms with van der Waals surface area (Å²) in [5.41, 5.74) is 1.81. The lowest BCUT2D eigenvalue weighted by molar-refractivity contribution is -0.132. The zero-order chi connectivity index (χ0) is 11.5. The van der Waals surface area contributed by atoms with E-state index in [1.54, 1.807) is 6.07 Å². The van der Waals surface area contributed by atoms with Crippen molar-refractivity contribution in [2.45, 2.75) is 0 Å². The highest BCUT2D eigenvalue weighted by Gasteiger charge is 2.25. The number of benzene rings is 1. The number of fused-ring (bicyclic) bond motifs is 1. The van der Waals surface area contributed by atoms with E-state index in [2.05, 4.69) is 15.2 Å². The molecule has 0 spiro atoms. The second kappa shape index (κ2) is 4.06. The first kappa shape index (κ1) is 10.2. The molecule has 0 aromatic heterocycles. The quantitative estimate of drug-likeness (QED) is 0.351. The SMILES string of the molecule is COC(=O)C(=NO)C1=C[N]c2ccccc21. The molecule has 1 aromatic rings. The van der Waals surface area contributed by atoms with Crippen molar-refractivity contribution < 1.29 is 14.7 Å². The van der Waals surface area contributed by atoms with Gasteiger partial charge < -0.3 is 9.94 Å². The van der Waals surface area contributed by atoms with Crippen molar-refractivity contribution in [1.29, 1.82) is 0 Å². The van der Waals surface area contributed by atoms with Crippen molar-refractivity contribution in [3.63, 3.8) is 0 Å². The van der Waals surface area contributed by atoms with Crippen LogP contribution in [0.3, 0.4) is 0 Å². The molecule has 81 valence electrons. The number of oxime groups is 1. The van der Waals surface area contributed by atoms with E-state index in [-0.39, 0.29) is 5.71 Å². The number of carbonyl (C=O) groups is 1. The fraction of sp³-hybridized carbons (Fsp3) is 0.0909. The lowest BCUT2D eigenvalue weighted by Gasteiger charge is -2.04. The van der Waals surface area contributed by atoms with Gasteiger partial charge in [0, 0.05) is 17.3 Å². The van der Waals surface area contributed by atoms with Crippen LogP contribution >= 0.6 is 0 Å². The molecule has 5 heteroatoms. The van der Waals surface area contributed by atoms with Crippen LogP contribution in [0.4, 0.5) is 5.69 Å². The Morgan fingerprint density at radius 3 is 2.88 bits per heavy atom. The van der Waals surface area contributed by atoms with Gasteiger partial charge >= 0.3 is 5.97 Å². The molecular formula is C11H9N2O3.